The minimum absolute atomic E-state index is 0.194. The summed E-state index contributed by atoms with van der Waals surface area (Å²) < 4.78 is 19.1. The Morgan fingerprint density at radius 1 is 1.08 bits per heavy atom. The van der Waals surface area contributed by atoms with Gasteiger partial charge in [-0.15, -0.1) is 0 Å². The predicted octanol–water partition coefficient (Wildman–Crippen LogP) is 3.31. The van der Waals surface area contributed by atoms with E-state index in [2.05, 4.69) is 5.32 Å². The van der Waals surface area contributed by atoms with E-state index in [1.165, 1.54) is 24.6 Å². The van der Waals surface area contributed by atoms with Crippen LogP contribution >= 0.6 is 0 Å². The van der Waals surface area contributed by atoms with E-state index in [1.807, 2.05) is 6.07 Å². The molecule has 0 atom stereocenters. The number of hydrogen-bond donors (Lipinski definition) is 1. The zero-order chi connectivity index (χ0) is 18.7. The molecule has 0 unspecified atom stereocenters. The highest BCUT2D eigenvalue weighted by molar-refractivity contribution is 6.00. The molecule has 0 saturated heterocycles. The van der Waals surface area contributed by atoms with Gasteiger partial charge in [-0.3, -0.25) is 9.59 Å². The van der Waals surface area contributed by atoms with Gasteiger partial charge in [0.2, 0.25) is 11.7 Å². The Balaban J connectivity index is 1.63. The number of ketones is 1. The number of nitrogens with one attached hydrogen (secondary N) is 1. The molecule has 1 aliphatic carbocycles. The average molecular weight is 355 g/mol. The van der Waals surface area contributed by atoms with Gasteiger partial charge in [0.25, 0.3) is 0 Å². The van der Waals surface area contributed by atoms with E-state index in [0.29, 0.717) is 5.56 Å². The molecule has 0 radical (unpaired) electrons. The minimum Gasteiger partial charge on any atom is -0.454 e. The standard InChI is InChI=1S/C20H18FNO4/c1-12(23)22-16-7-8-17(18(21)10-16)19(24)11-26-20(25)15-6-5-13-3-2-4-14(13)9-15/h5-10H,2-4,11H2,1H3,(H,22,23). The number of halogens is 1. The van der Waals surface area contributed by atoms with E-state index in [0.717, 1.165) is 30.9 Å². The van der Waals surface area contributed by atoms with Gasteiger partial charge < -0.3 is 10.1 Å². The monoisotopic (exact) mass is 355 g/mol. The van der Waals surface area contributed by atoms with E-state index in [4.69, 9.17) is 4.74 Å². The molecule has 1 amide bonds. The number of aryl methyl sites for hydroxylation is 2. The molecule has 1 N–H and O–H groups in total. The van der Waals surface area contributed by atoms with Crippen molar-refractivity contribution >= 4 is 23.3 Å². The molecular weight excluding hydrogens is 337 g/mol. The maximum atomic E-state index is 14.0. The Hall–Kier alpha value is -3.02. The van der Waals surface area contributed by atoms with E-state index < -0.39 is 24.2 Å². The van der Waals surface area contributed by atoms with Crippen molar-refractivity contribution in [2.24, 2.45) is 0 Å². The molecule has 5 nitrogen and oxygen atoms in total. The smallest absolute Gasteiger partial charge is 0.338 e. The lowest BCUT2D eigenvalue weighted by molar-refractivity contribution is -0.114. The third-order valence-corrected chi connectivity index (χ3v) is 4.26. The topological polar surface area (TPSA) is 72.5 Å². The number of ether oxygens (including phenoxy) is 1. The first kappa shape index (κ1) is 17.8. The van der Waals surface area contributed by atoms with Crippen molar-refractivity contribution in [3.8, 4) is 0 Å². The SMILES string of the molecule is CC(=O)Nc1ccc(C(=O)COC(=O)c2ccc3c(c2)CCC3)c(F)c1. The van der Waals surface area contributed by atoms with Gasteiger partial charge in [-0.1, -0.05) is 6.07 Å². The van der Waals surface area contributed by atoms with Gasteiger partial charge in [-0.25, -0.2) is 9.18 Å². The maximum absolute atomic E-state index is 14.0. The predicted molar refractivity (Wildman–Crippen MR) is 93.8 cm³/mol. The molecule has 0 aliphatic heterocycles. The van der Waals surface area contributed by atoms with Crippen molar-refractivity contribution in [1.29, 1.82) is 0 Å². The summed E-state index contributed by atoms with van der Waals surface area (Å²) in [5, 5.41) is 2.43. The second-order valence-corrected chi connectivity index (χ2v) is 6.21. The van der Waals surface area contributed by atoms with Crippen LogP contribution in [0.1, 0.15) is 45.2 Å². The van der Waals surface area contributed by atoms with Crippen LogP contribution in [0.4, 0.5) is 10.1 Å². The van der Waals surface area contributed by atoms with Crippen LogP contribution in [0, 0.1) is 5.82 Å². The highest BCUT2D eigenvalue weighted by Crippen LogP contribution is 2.23. The molecule has 6 heteroatoms. The number of amides is 1. The summed E-state index contributed by atoms with van der Waals surface area (Å²) in [6.45, 7) is 0.752. The zero-order valence-electron chi connectivity index (χ0n) is 14.3. The number of hydrogen-bond acceptors (Lipinski definition) is 4. The number of carbonyl (C=O) groups is 3. The summed E-state index contributed by atoms with van der Waals surface area (Å²) in [6.07, 6.45) is 3.01. The van der Waals surface area contributed by atoms with Gasteiger partial charge in [0.15, 0.2) is 6.61 Å². The summed E-state index contributed by atoms with van der Waals surface area (Å²) in [6, 6.07) is 9.10. The number of rotatable bonds is 5. The van der Waals surface area contributed by atoms with Crippen molar-refractivity contribution in [3.05, 3.63) is 64.5 Å². The Morgan fingerprint density at radius 3 is 2.58 bits per heavy atom. The van der Waals surface area contributed by atoms with Crippen LogP contribution < -0.4 is 5.32 Å². The van der Waals surface area contributed by atoms with E-state index >= 15 is 0 Å². The van der Waals surface area contributed by atoms with Crippen molar-refractivity contribution in [2.75, 3.05) is 11.9 Å². The molecule has 3 rings (SSSR count). The Morgan fingerprint density at radius 2 is 1.85 bits per heavy atom. The molecule has 26 heavy (non-hydrogen) atoms. The Bertz CT molecular complexity index is 891. The van der Waals surface area contributed by atoms with Crippen molar-refractivity contribution in [3.63, 3.8) is 0 Å². The molecule has 1 aliphatic rings. The number of carbonyl (C=O) groups excluding carboxylic acids is 3. The number of esters is 1. The van der Waals surface area contributed by atoms with E-state index in [-0.39, 0.29) is 17.2 Å². The fraction of sp³-hybridized carbons (Fsp3) is 0.250. The molecular formula is C20H18FNO4. The molecule has 0 aromatic heterocycles. The lowest BCUT2D eigenvalue weighted by Gasteiger charge is -2.08. The summed E-state index contributed by atoms with van der Waals surface area (Å²) in [4.78, 5) is 35.2. The first-order valence-electron chi connectivity index (χ1n) is 8.33. The number of fused-ring (bicyclic) bond motifs is 1. The summed E-state index contributed by atoms with van der Waals surface area (Å²) >= 11 is 0. The lowest BCUT2D eigenvalue weighted by atomic mass is 10.1. The van der Waals surface area contributed by atoms with Crippen LogP contribution in [-0.4, -0.2) is 24.3 Å². The van der Waals surface area contributed by atoms with Gasteiger partial charge in [-0.2, -0.15) is 0 Å². The van der Waals surface area contributed by atoms with Gasteiger partial charge in [0.05, 0.1) is 11.1 Å². The van der Waals surface area contributed by atoms with Gasteiger partial charge in [-0.05, 0) is 60.7 Å². The molecule has 2 aromatic rings. The molecule has 0 bridgehead atoms. The second-order valence-electron chi connectivity index (χ2n) is 6.21. The van der Waals surface area contributed by atoms with Crippen molar-refractivity contribution in [1.82, 2.24) is 0 Å². The fourth-order valence-corrected chi connectivity index (χ4v) is 3.01. The normalized spacial score (nSPS) is 12.4. The third-order valence-electron chi connectivity index (χ3n) is 4.26. The van der Waals surface area contributed by atoms with Gasteiger partial charge in [0, 0.05) is 12.6 Å². The average Bonchev–Trinajstić information content (AvgIpc) is 3.06. The molecule has 134 valence electrons. The number of Topliss-reactive ketones (excluding diaryl/α,β-unsaturated/α-hetero) is 1. The second kappa shape index (κ2) is 7.47. The quantitative estimate of drug-likeness (QED) is 0.660. The lowest BCUT2D eigenvalue weighted by Crippen LogP contribution is -2.16. The number of anilines is 1. The first-order valence-corrected chi connectivity index (χ1v) is 8.33. The van der Waals surface area contributed by atoms with E-state index in [9.17, 15) is 18.8 Å². The van der Waals surface area contributed by atoms with Crippen molar-refractivity contribution < 1.29 is 23.5 Å². The fourth-order valence-electron chi connectivity index (χ4n) is 3.01. The highest BCUT2D eigenvalue weighted by Gasteiger charge is 2.18. The van der Waals surface area contributed by atoms with Crippen LogP contribution in [0.5, 0.6) is 0 Å². The zero-order valence-corrected chi connectivity index (χ0v) is 14.3. The molecule has 0 fully saturated rings. The maximum Gasteiger partial charge on any atom is 0.338 e. The van der Waals surface area contributed by atoms with Crippen LogP contribution in [0.3, 0.4) is 0 Å². The third kappa shape index (κ3) is 3.96. The summed E-state index contributed by atoms with van der Waals surface area (Å²) in [5.74, 6) is -2.38. The largest absolute Gasteiger partial charge is 0.454 e. The van der Waals surface area contributed by atoms with Crippen LogP contribution in [0.15, 0.2) is 36.4 Å². The van der Waals surface area contributed by atoms with Crippen LogP contribution in [0.25, 0.3) is 0 Å². The Kier molecular flexibility index (Phi) is 5.11. The molecule has 0 heterocycles. The van der Waals surface area contributed by atoms with Gasteiger partial charge >= 0.3 is 5.97 Å². The van der Waals surface area contributed by atoms with Crippen LogP contribution in [0.2, 0.25) is 0 Å². The first-order chi connectivity index (χ1) is 12.4. The summed E-state index contributed by atoms with van der Waals surface area (Å²) in [5.41, 5.74) is 2.81. The van der Waals surface area contributed by atoms with Crippen molar-refractivity contribution in [2.45, 2.75) is 26.2 Å². The van der Waals surface area contributed by atoms with Crippen LogP contribution in [-0.2, 0) is 22.4 Å². The highest BCUT2D eigenvalue weighted by atomic mass is 19.1. The molecule has 0 spiro atoms. The van der Waals surface area contributed by atoms with Gasteiger partial charge in [0.1, 0.15) is 5.82 Å². The molecule has 0 saturated carbocycles. The minimum atomic E-state index is -0.783. The Labute approximate surface area is 150 Å². The molecule has 2 aromatic carbocycles. The number of benzene rings is 2. The summed E-state index contributed by atoms with van der Waals surface area (Å²) in [7, 11) is 0. The van der Waals surface area contributed by atoms with E-state index in [1.54, 1.807) is 12.1 Å².